The number of hydrogen-bond donors (Lipinski definition) is 0. The van der Waals surface area contributed by atoms with Crippen molar-refractivity contribution in [2.75, 3.05) is 4.90 Å². The lowest BCUT2D eigenvalue weighted by molar-refractivity contribution is 0.660. The monoisotopic (exact) mass is 679 g/mol. The highest BCUT2D eigenvalue weighted by atomic mass is 15.1. The molecular weight excluding hydrogens is 639 g/mol. The second-order valence-electron chi connectivity index (χ2n) is 14.6. The van der Waals surface area contributed by atoms with Gasteiger partial charge in [0.05, 0.1) is 0 Å². The Morgan fingerprint density at radius 3 is 1.72 bits per heavy atom. The predicted octanol–water partition coefficient (Wildman–Crippen LogP) is 14.4. The zero-order valence-corrected chi connectivity index (χ0v) is 30.5. The summed E-state index contributed by atoms with van der Waals surface area (Å²) in [6.07, 6.45) is 6.47. The first kappa shape index (κ1) is 32.5. The van der Waals surface area contributed by atoms with Crippen LogP contribution < -0.4 is 4.90 Å². The second-order valence-corrected chi connectivity index (χ2v) is 14.6. The Morgan fingerprint density at radius 2 is 1.04 bits per heavy atom. The summed E-state index contributed by atoms with van der Waals surface area (Å²) >= 11 is 0. The number of anilines is 2. The van der Waals surface area contributed by atoms with Gasteiger partial charge in [0.1, 0.15) is 0 Å². The minimum absolute atomic E-state index is 0.106. The molecule has 254 valence electrons. The largest absolute Gasteiger partial charge is 0.311 e. The summed E-state index contributed by atoms with van der Waals surface area (Å²) in [6, 6.07) is 59.7. The third-order valence-electron chi connectivity index (χ3n) is 11.2. The molecule has 8 aromatic rings. The van der Waals surface area contributed by atoms with Crippen molar-refractivity contribution in [3.8, 4) is 22.3 Å². The molecule has 1 aliphatic rings. The lowest BCUT2D eigenvalue weighted by Gasteiger charge is -2.28. The Morgan fingerprint density at radius 1 is 0.491 bits per heavy atom. The van der Waals surface area contributed by atoms with Gasteiger partial charge in [-0.15, -0.1) is 0 Å². The molecule has 0 atom stereocenters. The number of rotatable bonds is 7. The van der Waals surface area contributed by atoms with Gasteiger partial charge in [-0.3, -0.25) is 0 Å². The molecular formula is C52H41N. The van der Waals surface area contributed by atoms with Crippen molar-refractivity contribution in [1.29, 1.82) is 0 Å². The average Bonchev–Trinajstić information content (AvgIpc) is 3.44. The summed E-state index contributed by atoms with van der Waals surface area (Å²) in [5.74, 6) is 0. The van der Waals surface area contributed by atoms with Crippen LogP contribution >= 0.6 is 0 Å². The molecule has 0 fully saturated rings. The van der Waals surface area contributed by atoms with Gasteiger partial charge in [-0.2, -0.15) is 0 Å². The molecule has 0 saturated heterocycles. The first-order valence-electron chi connectivity index (χ1n) is 18.5. The Labute approximate surface area is 312 Å². The maximum Gasteiger partial charge on any atom is 0.0464 e. The number of fused-ring (bicyclic) bond motifs is 9. The topological polar surface area (TPSA) is 3.24 Å². The van der Waals surface area contributed by atoms with Crippen LogP contribution in [-0.4, -0.2) is 0 Å². The summed E-state index contributed by atoms with van der Waals surface area (Å²) in [6.45, 7) is 11.4. The summed E-state index contributed by atoms with van der Waals surface area (Å²) in [5, 5.41) is 7.73. The van der Waals surface area contributed by atoms with Gasteiger partial charge in [0, 0.05) is 22.5 Å². The lowest BCUT2D eigenvalue weighted by atomic mass is 9.82. The molecule has 0 heterocycles. The zero-order chi connectivity index (χ0) is 36.1. The van der Waals surface area contributed by atoms with Crippen molar-refractivity contribution in [3.05, 3.63) is 211 Å². The van der Waals surface area contributed by atoms with Gasteiger partial charge in [0.15, 0.2) is 0 Å². The van der Waals surface area contributed by atoms with Crippen molar-refractivity contribution < 1.29 is 0 Å². The van der Waals surface area contributed by atoms with E-state index in [1.54, 1.807) is 0 Å². The van der Waals surface area contributed by atoms with Crippen molar-refractivity contribution >= 4 is 49.3 Å². The average molecular weight is 680 g/mol. The zero-order valence-electron chi connectivity index (χ0n) is 30.5. The molecule has 1 heteroatoms. The highest BCUT2D eigenvalue weighted by Crippen LogP contribution is 2.50. The second kappa shape index (κ2) is 13.0. The standard InChI is InChI=1S/C52H41N/c1-5-36(37-15-7-6-8-16-37)24-23-35(2)53(41-30-32-48-47-21-13-14-22-50(47)52(3,4)51(48)34-41)40-28-25-38(26-29-40)39-27-31-46-44-19-10-9-17-42(44)43-18-11-12-20-45(43)49(46)33-39/h5-34H,2H2,1,3-4H3/b24-23-,36-5+. The SMILES string of the molecule is C=C(/C=C\C(=C/C)c1ccccc1)N(c1ccc(-c2ccc3c4ccccc4c4ccccc4c3c2)cc1)c1ccc2c(c1)C(C)(C)c1ccccc1-2. The summed E-state index contributed by atoms with van der Waals surface area (Å²) in [5.41, 5.74) is 13.0. The fourth-order valence-electron chi connectivity index (χ4n) is 8.45. The molecule has 0 radical (unpaired) electrons. The number of nitrogens with zero attached hydrogens (tertiary/aromatic N) is 1. The molecule has 0 aliphatic heterocycles. The molecule has 0 bridgehead atoms. The van der Waals surface area contributed by atoms with Gasteiger partial charge < -0.3 is 4.90 Å². The molecule has 0 N–H and O–H groups in total. The van der Waals surface area contributed by atoms with Crippen LogP contribution in [0, 0.1) is 0 Å². The van der Waals surface area contributed by atoms with E-state index in [1.807, 2.05) is 0 Å². The summed E-state index contributed by atoms with van der Waals surface area (Å²) < 4.78 is 0. The lowest BCUT2D eigenvalue weighted by Crippen LogP contribution is -2.18. The van der Waals surface area contributed by atoms with Gasteiger partial charge in [0.25, 0.3) is 0 Å². The Balaban J connectivity index is 1.13. The maximum absolute atomic E-state index is 4.66. The third-order valence-corrected chi connectivity index (χ3v) is 11.2. The van der Waals surface area contributed by atoms with E-state index < -0.39 is 0 Å². The molecule has 9 rings (SSSR count). The summed E-state index contributed by atoms with van der Waals surface area (Å²) in [7, 11) is 0. The van der Waals surface area contributed by atoms with Crippen molar-refractivity contribution in [2.24, 2.45) is 0 Å². The first-order valence-corrected chi connectivity index (χ1v) is 18.5. The normalized spacial score (nSPS) is 13.5. The molecule has 0 spiro atoms. The van der Waals surface area contributed by atoms with Crippen LogP contribution in [0.15, 0.2) is 194 Å². The minimum Gasteiger partial charge on any atom is -0.311 e. The van der Waals surface area contributed by atoms with E-state index in [0.717, 1.165) is 22.6 Å². The van der Waals surface area contributed by atoms with Crippen LogP contribution in [0.4, 0.5) is 11.4 Å². The highest BCUT2D eigenvalue weighted by Gasteiger charge is 2.35. The van der Waals surface area contributed by atoms with E-state index in [9.17, 15) is 0 Å². The van der Waals surface area contributed by atoms with Gasteiger partial charge in [-0.25, -0.2) is 0 Å². The first-order chi connectivity index (χ1) is 25.9. The van der Waals surface area contributed by atoms with Gasteiger partial charge in [-0.05, 0) is 120 Å². The van der Waals surface area contributed by atoms with Gasteiger partial charge in [-0.1, -0.05) is 166 Å². The van der Waals surface area contributed by atoms with E-state index in [0.29, 0.717) is 0 Å². The van der Waals surface area contributed by atoms with Crippen molar-refractivity contribution in [1.82, 2.24) is 0 Å². The number of allylic oxidation sites excluding steroid dienone is 4. The Kier molecular flexibility index (Phi) is 7.94. The van der Waals surface area contributed by atoms with Crippen molar-refractivity contribution in [2.45, 2.75) is 26.2 Å². The quantitative estimate of drug-likeness (QED) is 0.120. The molecule has 1 aliphatic carbocycles. The van der Waals surface area contributed by atoms with Crippen LogP contribution in [0.1, 0.15) is 37.5 Å². The van der Waals surface area contributed by atoms with Crippen molar-refractivity contribution in [3.63, 3.8) is 0 Å². The Hall–Kier alpha value is -6.44. The van der Waals surface area contributed by atoms with E-state index >= 15 is 0 Å². The molecule has 0 unspecified atom stereocenters. The number of benzene rings is 8. The van der Waals surface area contributed by atoms with Crippen LogP contribution in [0.2, 0.25) is 0 Å². The molecule has 53 heavy (non-hydrogen) atoms. The van der Waals surface area contributed by atoms with E-state index in [2.05, 4.69) is 214 Å². The van der Waals surface area contributed by atoms with E-state index in [4.69, 9.17) is 0 Å². The number of hydrogen-bond acceptors (Lipinski definition) is 1. The van der Waals surface area contributed by atoms with Crippen LogP contribution in [0.3, 0.4) is 0 Å². The van der Waals surface area contributed by atoms with Gasteiger partial charge in [0.2, 0.25) is 0 Å². The summed E-state index contributed by atoms with van der Waals surface area (Å²) in [4.78, 5) is 2.29. The molecule has 0 saturated carbocycles. The smallest absolute Gasteiger partial charge is 0.0464 e. The van der Waals surface area contributed by atoms with Crippen LogP contribution in [0.25, 0.3) is 60.1 Å². The minimum atomic E-state index is -0.106. The molecule has 0 amide bonds. The van der Waals surface area contributed by atoms with Gasteiger partial charge >= 0.3 is 0 Å². The fourth-order valence-corrected chi connectivity index (χ4v) is 8.45. The molecule has 1 nitrogen and oxygen atoms in total. The van der Waals surface area contributed by atoms with Crippen LogP contribution in [0.5, 0.6) is 0 Å². The van der Waals surface area contributed by atoms with E-state index in [1.165, 1.54) is 71.3 Å². The highest BCUT2D eigenvalue weighted by molar-refractivity contribution is 6.25. The maximum atomic E-state index is 4.66. The Bertz CT molecular complexity index is 2730. The van der Waals surface area contributed by atoms with Crippen LogP contribution in [-0.2, 0) is 5.41 Å². The third kappa shape index (κ3) is 5.48. The molecule has 0 aromatic heterocycles. The fraction of sp³-hybridized carbons (Fsp3) is 0.0769. The predicted molar refractivity (Wildman–Crippen MR) is 229 cm³/mol. The van der Waals surface area contributed by atoms with E-state index in [-0.39, 0.29) is 5.41 Å². The molecule has 8 aromatic carbocycles.